The van der Waals surface area contributed by atoms with Crippen molar-refractivity contribution in [3.8, 4) is 0 Å². The number of ether oxygens (including phenoxy) is 1. The summed E-state index contributed by atoms with van der Waals surface area (Å²) in [5, 5.41) is 0.328. The standard InChI is InChI=1S/C7H13ClO/c1-7(2)5-6(8)3-4-9-7/h6H,3-5H2,1-2H3. The molecule has 54 valence electrons. The molecule has 1 saturated heterocycles. The predicted octanol–water partition coefficient (Wildman–Crippen LogP) is 2.18. The summed E-state index contributed by atoms with van der Waals surface area (Å²) in [6, 6.07) is 0. The smallest absolute Gasteiger partial charge is 0.0640 e. The molecular weight excluding hydrogens is 136 g/mol. The Morgan fingerprint density at radius 3 is 2.56 bits per heavy atom. The first-order valence-electron chi connectivity index (χ1n) is 3.38. The lowest BCUT2D eigenvalue weighted by Crippen LogP contribution is -2.34. The molecule has 1 nitrogen and oxygen atoms in total. The van der Waals surface area contributed by atoms with Crippen LogP contribution < -0.4 is 0 Å². The largest absolute Gasteiger partial charge is 0.375 e. The maximum Gasteiger partial charge on any atom is 0.0640 e. The summed E-state index contributed by atoms with van der Waals surface area (Å²) in [6.45, 7) is 4.99. The first-order chi connectivity index (χ1) is 4.10. The average Bonchev–Trinajstić information content (AvgIpc) is 1.60. The van der Waals surface area contributed by atoms with Crippen LogP contribution in [0.15, 0.2) is 0 Å². The fourth-order valence-electron chi connectivity index (χ4n) is 1.16. The molecule has 1 rings (SSSR count). The summed E-state index contributed by atoms with van der Waals surface area (Å²) >= 11 is 5.92. The molecule has 0 N–H and O–H groups in total. The Bertz CT molecular complexity index is 101. The normalized spacial score (nSPS) is 34.3. The van der Waals surface area contributed by atoms with Gasteiger partial charge >= 0.3 is 0 Å². The molecule has 0 bridgehead atoms. The van der Waals surface area contributed by atoms with Crippen molar-refractivity contribution in [3.63, 3.8) is 0 Å². The van der Waals surface area contributed by atoms with Gasteiger partial charge in [0.05, 0.1) is 5.60 Å². The summed E-state index contributed by atoms with van der Waals surface area (Å²) in [4.78, 5) is 0. The van der Waals surface area contributed by atoms with Gasteiger partial charge in [-0.1, -0.05) is 0 Å². The molecule has 9 heavy (non-hydrogen) atoms. The van der Waals surface area contributed by atoms with E-state index < -0.39 is 0 Å². The molecule has 1 aliphatic rings. The topological polar surface area (TPSA) is 9.23 Å². The fraction of sp³-hybridized carbons (Fsp3) is 1.00. The van der Waals surface area contributed by atoms with E-state index in [2.05, 4.69) is 13.8 Å². The minimum Gasteiger partial charge on any atom is -0.375 e. The Balaban J connectivity index is 2.41. The third-order valence-electron chi connectivity index (χ3n) is 1.64. The molecule has 1 aliphatic heterocycles. The van der Waals surface area contributed by atoms with Gasteiger partial charge in [0.2, 0.25) is 0 Å². The number of hydrogen-bond acceptors (Lipinski definition) is 1. The van der Waals surface area contributed by atoms with E-state index in [-0.39, 0.29) is 5.60 Å². The van der Waals surface area contributed by atoms with Crippen LogP contribution in [0.25, 0.3) is 0 Å². The molecule has 0 radical (unpaired) electrons. The van der Waals surface area contributed by atoms with Gasteiger partial charge in [0, 0.05) is 12.0 Å². The Hall–Kier alpha value is 0.250. The van der Waals surface area contributed by atoms with Crippen molar-refractivity contribution in [1.29, 1.82) is 0 Å². The van der Waals surface area contributed by atoms with Crippen molar-refractivity contribution >= 4 is 11.6 Å². The molecule has 0 spiro atoms. The highest BCUT2D eigenvalue weighted by Crippen LogP contribution is 2.26. The van der Waals surface area contributed by atoms with Crippen LogP contribution in [0.2, 0.25) is 0 Å². The minimum atomic E-state index is 0.0185. The summed E-state index contributed by atoms with van der Waals surface area (Å²) in [7, 11) is 0. The van der Waals surface area contributed by atoms with Crippen molar-refractivity contribution in [1.82, 2.24) is 0 Å². The van der Waals surface area contributed by atoms with Crippen molar-refractivity contribution in [2.24, 2.45) is 0 Å². The highest BCUT2D eigenvalue weighted by Gasteiger charge is 2.27. The molecule has 1 heterocycles. The zero-order valence-corrected chi connectivity index (χ0v) is 6.74. The van der Waals surface area contributed by atoms with Crippen LogP contribution in [0.1, 0.15) is 26.7 Å². The van der Waals surface area contributed by atoms with Crippen molar-refractivity contribution < 1.29 is 4.74 Å². The maximum atomic E-state index is 5.92. The lowest BCUT2D eigenvalue weighted by Gasteiger charge is -2.32. The highest BCUT2D eigenvalue weighted by molar-refractivity contribution is 6.20. The Labute approximate surface area is 61.3 Å². The number of halogens is 1. The summed E-state index contributed by atoms with van der Waals surface area (Å²) in [6.07, 6.45) is 1.99. The SMILES string of the molecule is CC1(C)CC(Cl)CCO1. The van der Waals surface area contributed by atoms with Gasteiger partial charge < -0.3 is 4.74 Å². The monoisotopic (exact) mass is 148 g/mol. The van der Waals surface area contributed by atoms with Crippen LogP contribution in [0, 0.1) is 0 Å². The van der Waals surface area contributed by atoms with Gasteiger partial charge in [0.15, 0.2) is 0 Å². The molecule has 0 aromatic carbocycles. The van der Waals surface area contributed by atoms with Gasteiger partial charge in [0.1, 0.15) is 0 Å². The molecule has 0 aromatic heterocycles. The minimum absolute atomic E-state index is 0.0185. The van der Waals surface area contributed by atoms with E-state index in [4.69, 9.17) is 16.3 Å². The second-order valence-corrected chi connectivity index (χ2v) is 3.82. The van der Waals surface area contributed by atoms with Gasteiger partial charge in [0.25, 0.3) is 0 Å². The molecule has 1 atom stereocenters. The molecule has 0 aliphatic carbocycles. The first kappa shape index (κ1) is 7.36. The predicted molar refractivity (Wildman–Crippen MR) is 38.9 cm³/mol. The maximum absolute atomic E-state index is 5.92. The Morgan fingerprint density at radius 2 is 2.22 bits per heavy atom. The zero-order valence-electron chi connectivity index (χ0n) is 5.98. The van der Waals surface area contributed by atoms with Gasteiger partial charge in [-0.05, 0) is 26.7 Å². The van der Waals surface area contributed by atoms with Crippen LogP contribution >= 0.6 is 11.6 Å². The van der Waals surface area contributed by atoms with Gasteiger partial charge in [-0.25, -0.2) is 0 Å². The highest BCUT2D eigenvalue weighted by atomic mass is 35.5. The quantitative estimate of drug-likeness (QED) is 0.479. The third-order valence-corrected chi connectivity index (χ3v) is 2.01. The average molecular weight is 149 g/mol. The van der Waals surface area contributed by atoms with E-state index in [1.165, 1.54) is 0 Å². The molecule has 0 aromatic rings. The van der Waals surface area contributed by atoms with E-state index in [0.717, 1.165) is 19.4 Å². The third kappa shape index (κ3) is 2.15. The summed E-state index contributed by atoms with van der Waals surface area (Å²) in [5.74, 6) is 0. The van der Waals surface area contributed by atoms with E-state index >= 15 is 0 Å². The van der Waals surface area contributed by atoms with E-state index in [9.17, 15) is 0 Å². The van der Waals surface area contributed by atoms with Gasteiger partial charge in [-0.2, -0.15) is 0 Å². The zero-order chi connectivity index (χ0) is 6.91. The van der Waals surface area contributed by atoms with Crippen molar-refractivity contribution in [3.05, 3.63) is 0 Å². The molecule has 0 saturated carbocycles. The van der Waals surface area contributed by atoms with Crippen LogP contribution in [-0.2, 0) is 4.74 Å². The van der Waals surface area contributed by atoms with Crippen molar-refractivity contribution in [2.75, 3.05) is 6.61 Å². The second-order valence-electron chi connectivity index (χ2n) is 3.20. The van der Waals surface area contributed by atoms with Crippen LogP contribution in [-0.4, -0.2) is 17.6 Å². The lowest BCUT2D eigenvalue weighted by atomic mass is 9.98. The number of hydrogen-bond donors (Lipinski definition) is 0. The Kier molecular flexibility index (Phi) is 2.02. The van der Waals surface area contributed by atoms with E-state index in [1.807, 2.05) is 0 Å². The van der Waals surface area contributed by atoms with Gasteiger partial charge in [-0.3, -0.25) is 0 Å². The number of rotatable bonds is 0. The lowest BCUT2D eigenvalue weighted by molar-refractivity contribution is -0.0494. The van der Waals surface area contributed by atoms with Crippen molar-refractivity contribution in [2.45, 2.75) is 37.7 Å². The first-order valence-corrected chi connectivity index (χ1v) is 3.82. The van der Waals surface area contributed by atoms with Crippen LogP contribution in [0.3, 0.4) is 0 Å². The Morgan fingerprint density at radius 1 is 1.56 bits per heavy atom. The van der Waals surface area contributed by atoms with E-state index in [0.29, 0.717) is 5.38 Å². The van der Waals surface area contributed by atoms with Crippen LogP contribution in [0.4, 0.5) is 0 Å². The number of alkyl halides is 1. The molecule has 0 amide bonds. The van der Waals surface area contributed by atoms with Crippen LogP contribution in [0.5, 0.6) is 0 Å². The molecule has 1 unspecified atom stereocenters. The molecule has 1 fully saturated rings. The van der Waals surface area contributed by atoms with Gasteiger partial charge in [-0.15, -0.1) is 11.6 Å². The fourth-order valence-corrected chi connectivity index (χ4v) is 1.62. The second kappa shape index (κ2) is 2.47. The summed E-state index contributed by atoms with van der Waals surface area (Å²) in [5.41, 5.74) is 0.0185. The van der Waals surface area contributed by atoms with E-state index in [1.54, 1.807) is 0 Å². The summed E-state index contributed by atoms with van der Waals surface area (Å²) < 4.78 is 5.45. The molecule has 2 heteroatoms. The molecular formula is C7H13ClO.